The van der Waals surface area contributed by atoms with Crippen molar-refractivity contribution in [1.82, 2.24) is 0 Å². The van der Waals surface area contributed by atoms with Crippen LogP contribution in [-0.2, 0) is 6.61 Å². The number of hydrogen-bond acceptors (Lipinski definition) is 2. The van der Waals surface area contributed by atoms with Crippen LogP contribution in [0.15, 0.2) is 66.7 Å². The summed E-state index contributed by atoms with van der Waals surface area (Å²) >= 11 is 12.1. The number of ether oxygens (including phenoxy) is 1. The van der Waals surface area contributed by atoms with Crippen LogP contribution in [0.25, 0.3) is 11.1 Å². The molecule has 3 aromatic carbocycles. The Kier molecular flexibility index (Phi) is 5.19. The van der Waals surface area contributed by atoms with E-state index in [9.17, 15) is 4.79 Å². The number of hydrogen-bond donors (Lipinski definition) is 0. The Hall–Kier alpha value is -2.29. The zero-order chi connectivity index (χ0) is 16.9. The van der Waals surface area contributed by atoms with E-state index < -0.39 is 0 Å². The van der Waals surface area contributed by atoms with E-state index in [-0.39, 0.29) is 0 Å². The van der Waals surface area contributed by atoms with Gasteiger partial charge >= 0.3 is 0 Å². The molecule has 4 heteroatoms. The molecule has 0 atom stereocenters. The summed E-state index contributed by atoms with van der Waals surface area (Å²) < 4.78 is 5.84. The number of aldehydes is 1. The number of carbonyl (C=O) groups is 1. The maximum Gasteiger partial charge on any atom is 0.154 e. The first-order chi connectivity index (χ1) is 11.7. The van der Waals surface area contributed by atoms with E-state index in [2.05, 4.69) is 0 Å². The fraction of sp³-hybridized carbons (Fsp3) is 0.0500. The zero-order valence-corrected chi connectivity index (χ0v) is 14.2. The van der Waals surface area contributed by atoms with Crippen molar-refractivity contribution in [3.8, 4) is 16.9 Å². The zero-order valence-electron chi connectivity index (χ0n) is 12.7. The lowest BCUT2D eigenvalue weighted by molar-refractivity contribution is 0.111. The monoisotopic (exact) mass is 356 g/mol. The first-order valence-electron chi connectivity index (χ1n) is 7.39. The smallest absolute Gasteiger partial charge is 0.154 e. The average molecular weight is 357 g/mol. The van der Waals surface area contributed by atoms with Crippen LogP contribution in [0.3, 0.4) is 0 Å². The summed E-state index contributed by atoms with van der Waals surface area (Å²) in [5.41, 5.74) is 3.03. The van der Waals surface area contributed by atoms with Gasteiger partial charge in [-0.05, 0) is 41.0 Å². The van der Waals surface area contributed by atoms with E-state index in [4.69, 9.17) is 27.9 Å². The van der Waals surface area contributed by atoms with Gasteiger partial charge in [-0.15, -0.1) is 0 Å². The van der Waals surface area contributed by atoms with Gasteiger partial charge < -0.3 is 4.74 Å². The quantitative estimate of drug-likeness (QED) is 0.520. The van der Waals surface area contributed by atoms with Crippen LogP contribution in [0.4, 0.5) is 0 Å². The van der Waals surface area contributed by atoms with Crippen LogP contribution in [0, 0.1) is 0 Å². The molecule has 0 aliphatic carbocycles. The van der Waals surface area contributed by atoms with Crippen molar-refractivity contribution < 1.29 is 9.53 Å². The van der Waals surface area contributed by atoms with Gasteiger partial charge in [0.25, 0.3) is 0 Å². The molecule has 0 amide bonds. The van der Waals surface area contributed by atoms with E-state index in [0.717, 1.165) is 23.0 Å². The first kappa shape index (κ1) is 16.6. The van der Waals surface area contributed by atoms with Crippen molar-refractivity contribution >= 4 is 29.5 Å². The van der Waals surface area contributed by atoms with Crippen LogP contribution in [0.1, 0.15) is 15.9 Å². The van der Waals surface area contributed by atoms with Crippen LogP contribution in [-0.4, -0.2) is 6.29 Å². The van der Waals surface area contributed by atoms with E-state index in [1.165, 1.54) is 0 Å². The van der Waals surface area contributed by atoms with Crippen molar-refractivity contribution in [3.63, 3.8) is 0 Å². The molecule has 0 saturated carbocycles. The highest BCUT2D eigenvalue weighted by Gasteiger charge is 2.12. The topological polar surface area (TPSA) is 26.3 Å². The lowest BCUT2D eigenvalue weighted by Crippen LogP contribution is -1.99. The summed E-state index contributed by atoms with van der Waals surface area (Å²) in [6.45, 7) is 0.390. The van der Waals surface area contributed by atoms with Crippen LogP contribution in [0.5, 0.6) is 5.75 Å². The van der Waals surface area contributed by atoms with Gasteiger partial charge in [-0.1, -0.05) is 65.7 Å². The van der Waals surface area contributed by atoms with Gasteiger partial charge in [-0.25, -0.2) is 0 Å². The second-order valence-corrected chi connectivity index (χ2v) is 6.14. The molecule has 0 aliphatic heterocycles. The SMILES string of the molecule is O=Cc1c(OCc2ccccc2)cccc1-c1cc(Cl)cc(Cl)c1. The Bertz CT molecular complexity index is 841. The van der Waals surface area contributed by atoms with Crippen molar-refractivity contribution in [2.24, 2.45) is 0 Å². The predicted molar refractivity (Wildman–Crippen MR) is 98.1 cm³/mol. The van der Waals surface area contributed by atoms with E-state index in [1.54, 1.807) is 24.3 Å². The number of rotatable bonds is 5. The Balaban J connectivity index is 1.95. The molecule has 0 aromatic heterocycles. The van der Waals surface area contributed by atoms with Crippen molar-refractivity contribution in [1.29, 1.82) is 0 Å². The predicted octanol–water partition coefficient (Wildman–Crippen LogP) is 6.05. The summed E-state index contributed by atoms with van der Waals surface area (Å²) in [7, 11) is 0. The number of carbonyl (C=O) groups excluding carboxylic acids is 1. The third-order valence-electron chi connectivity index (χ3n) is 3.59. The molecule has 0 spiro atoms. The third kappa shape index (κ3) is 3.78. The molecule has 0 aliphatic rings. The van der Waals surface area contributed by atoms with Gasteiger partial charge in [0, 0.05) is 10.0 Å². The molecule has 0 radical (unpaired) electrons. The second-order valence-electron chi connectivity index (χ2n) is 5.27. The van der Waals surface area contributed by atoms with E-state index >= 15 is 0 Å². The molecule has 0 bridgehead atoms. The van der Waals surface area contributed by atoms with Gasteiger partial charge in [0.1, 0.15) is 12.4 Å². The highest BCUT2D eigenvalue weighted by molar-refractivity contribution is 6.35. The molecule has 3 aromatic rings. The van der Waals surface area contributed by atoms with Crippen LogP contribution in [0.2, 0.25) is 10.0 Å². The standard InChI is InChI=1S/C20H14Cl2O2/c21-16-9-15(10-17(22)11-16)18-7-4-8-20(19(18)12-23)24-13-14-5-2-1-3-6-14/h1-12H,13H2. The Morgan fingerprint density at radius 1 is 0.875 bits per heavy atom. The van der Waals surface area contributed by atoms with Gasteiger partial charge in [0.15, 0.2) is 6.29 Å². The Morgan fingerprint density at radius 2 is 1.58 bits per heavy atom. The van der Waals surface area contributed by atoms with Crippen LogP contribution >= 0.6 is 23.2 Å². The minimum atomic E-state index is 0.390. The normalized spacial score (nSPS) is 10.4. The third-order valence-corrected chi connectivity index (χ3v) is 4.03. The molecule has 3 rings (SSSR count). The van der Waals surface area contributed by atoms with Crippen LogP contribution < -0.4 is 4.74 Å². The number of halogens is 2. The summed E-state index contributed by atoms with van der Waals surface area (Å²) in [5, 5.41) is 1.04. The van der Waals surface area contributed by atoms with Gasteiger partial charge in [0.2, 0.25) is 0 Å². The van der Waals surface area contributed by atoms with Crippen molar-refractivity contribution in [2.45, 2.75) is 6.61 Å². The second kappa shape index (κ2) is 7.52. The van der Waals surface area contributed by atoms with Gasteiger partial charge in [0.05, 0.1) is 5.56 Å². The summed E-state index contributed by atoms with van der Waals surface area (Å²) in [6.07, 6.45) is 0.796. The highest BCUT2D eigenvalue weighted by atomic mass is 35.5. The van der Waals surface area contributed by atoms with Gasteiger partial charge in [-0.2, -0.15) is 0 Å². The molecule has 0 unspecified atom stereocenters. The first-order valence-corrected chi connectivity index (χ1v) is 8.14. The van der Waals surface area contributed by atoms with E-state index in [0.29, 0.717) is 28.0 Å². The Morgan fingerprint density at radius 3 is 2.25 bits per heavy atom. The molecule has 0 saturated heterocycles. The summed E-state index contributed by atoms with van der Waals surface area (Å²) in [6, 6.07) is 20.5. The van der Waals surface area contributed by atoms with Crippen molar-refractivity contribution in [2.75, 3.05) is 0 Å². The largest absolute Gasteiger partial charge is 0.488 e. The molecular weight excluding hydrogens is 343 g/mol. The van der Waals surface area contributed by atoms with E-state index in [1.807, 2.05) is 42.5 Å². The highest BCUT2D eigenvalue weighted by Crippen LogP contribution is 2.33. The van der Waals surface area contributed by atoms with Gasteiger partial charge in [-0.3, -0.25) is 4.79 Å². The fourth-order valence-electron chi connectivity index (χ4n) is 2.49. The molecule has 120 valence electrons. The summed E-state index contributed by atoms with van der Waals surface area (Å²) in [4.78, 5) is 11.7. The van der Waals surface area contributed by atoms with Crippen molar-refractivity contribution in [3.05, 3.63) is 87.9 Å². The minimum Gasteiger partial charge on any atom is -0.488 e. The lowest BCUT2D eigenvalue weighted by Gasteiger charge is -2.13. The maximum absolute atomic E-state index is 11.7. The molecule has 0 N–H and O–H groups in total. The lowest BCUT2D eigenvalue weighted by atomic mass is 9.99. The fourth-order valence-corrected chi connectivity index (χ4v) is 3.01. The molecular formula is C20H14Cl2O2. The Labute approximate surface area is 150 Å². The average Bonchev–Trinajstić information content (AvgIpc) is 2.59. The number of benzene rings is 3. The minimum absolute atomic E-state index is 0.390. The molecule has 0 fully saturated rings. The molecule has 0 heterocycles. The molecule has 24 heavy (non-hydrogen) atoms. The molecule has 2 nitrogen and oxygen atoms in total. The maximum atomic E-state index is 11.7. The summed E-state index contributed by atoms with van der Waals surface area (Å²) in [5.74, 6) is 0.530.